The molecule has 0 radical (unpaired) electrons. The minimum Gasteiger partial charge on any atom is -0.320 e. The molecule has 2 fully saturated rings. The van der Waals surface area contributed by atoms with Crippen LogP contribution in [0.5, 0.6) is 0 Å². The van der Waals surface area contributed by atoms with Crippen LogP contribution in [0.4, 0.5) is 0 Å². The third-order valence-corrected chi connectivity index (χ3v) is 5.85. The van der Waals surface area contributed by atoms with Gasteiger partial charge in [0.25, 0.3) is 0 Å². The summed E-state index contributed by atoms with van der Waals surface area (Å²) in [6, 6.07) is 4.58. The number of amides is 2. The molecule has 8 nitrogen and oxygen atoms in total. The lowest BCUT2D eigenvalue weighted by atomic mass is 10.1. The number of rotatable bonds is 7. The molecule has 154 valence electrons. The molecule has 3 N–H and O–H groups in total. The Morgan fingerprint density at radius 1 is 1.31 bits per heavy atom. The first-order valence-electron chi connectivity index (χ1n) is 10.0. The maximum atomic E-state index is 12.8. The van der Waals surface area contributed by atoms with Gasteiger partial charge in [0, 0.05) is 11.6 Å². The molecule has 0 spiro atoms. The molecule has 1 aliphatic carbocycles. The van der Waals surface area contributed by atoms with Crippen molar-refractivity contribution in [2.75, 3.05) is 6.54 Å². The Balaban J connectivity index is 1.44. The quantitative estimate of drug-likeness (QED) is 0.710. The van der Waals surface area contributed by atoms with Gasteiger partial charge in [0.05, 0.1) is 30.2 Å². The topological polar surface area (TPSA) is 106 Å². The van der Waals surface area contributed by atoms with Crippen molar-refractivity contribution in [1.29, 1.82) is 0 Å². The fourth-order valence-corrected chi connectivity index (χ4v) is 4.08. The van der Waals surface area contributed by atoms with Gasteiger partial charge in [-0.1, -0.05) is 29.7 Å². The third-order valence-electron chi connectivity index (χ3n) is 5.62. The molecule has 1 saturated heterocycles. The standard InChI is InChI=1S/C20H25ClN6O2/c21-15-5-6-17(27-9-7-23-25-27)14(11-15)12-26-8-1-2-18(26)20(29)24-19(28)16(22)10-13-3-4-13/h5-7,9,11,13,16,18H,1-4,8,10,12,22H2,(H,24,28,29)/t16-,18+/m1/s1. The lowest BCUT2D eigenvalue weighted by molar-refractivity contribution is -0.134. The number of nitrogens with zero attached hydrogens (tertiary/aromatic N) is 4. The Labute approximate surface area is 174 Å². The van der Waals surface area contributed by atoms with Crippen molar-refractivity contribution >= 4 is 23.4 Å². The molecule has 29 heavy (non-hydrogen) atoms. The van der Waals surface area contributed by atoms with Crippen molar-refractivity contribution in [2.45, 2.75) is 50.7 Å². The molecule has 1 aromatic carbocycles. The van der Waals surface area contributed by atoms with Gasteiger partial charge >= 0.3 is 0 Å². The summed E-state index contributed by atoms with van der Waals surface area (Å²) in [4.78, 5) is 27.1. The zero-order chi connectivity index (χ0) is 20.4. The number of nitrogens with one attached hydrogen (secondary N) is 1. The van der Waals surface area contributed by atoms with Gasteiger partial charge in [-0.2, -0.15) is 0 Å². The minimum absolute atomic E-state index is 0.275. The summed E-state index contributed by atoms with van der Waals surface area (Å²) in [5.41, 5.74) is 7.75. The second-order valence-electron chi connectivity index (χ2n) is 7.89. The monoisotopic (exact) mass is 416 g/mol. The molecule has 1 saturated carbocycles. The number of likely N-dealkylation sites (tertiary alicyclic amines) is 1. The van der Waals surface area contributed by atoms with Gasteiger partial charge in [0.2, 0.25) is 11.8 Å². The van der Waals surface area contributed by atoms with E-state index >= 15 is 0 Å². The summed E-state index contributed by atoms with van der Waals surface area (Å²) >= 11 is 6.21. The molecule has 4 rings (SSSR count). The highest BCUT2D eigenvalue weighted by Gasteiger charge is 2.34. The zero-order valence-corrected chi connectivity index (χ0v) is 16.9. The minimum atomic E-state index is -0.617. The first kappa shape index (κ1) is 20.0. The number of carbonyl (C=O) groups excluding carboxylic acids is 2. The van der Waals surface area contributed by atoms with Crippen LogP contribution in [0.1, 0.15) is 37.7 Å². The van der Waals surface area contributed by atoms with E-state index in [1.54, 1.807) is 23.1 Å². The van der Waals surface area contributed by atoms with E-state index in [-0.39, 0.29) is 17.9 Å². The van der Waals surface area contributed by atoms with Crippen molar-refractivity contribution in [3.8, 4) is 5.69 Å². The average Bonchev–Trinajstić information content (AvgIpc) is 3.16. The largest absolute Gasteiger partial charge is 0.320 e. The van der Waals surface area contributed by atoms with Crippen molar-refractivity contribution in [1.82, 2.24) is 25.2 Å². The molecule has 2 amide bonds. The van der Waals surface area contributed by atoms with Crippen LogP contribution < -0.4 is 11.1 Å². The van der Waals surface area contributed by atoms with Gasteiger partial charge in [-0.05, 0) is 55.5 Å². The molecule has 2 aromatic rings. The van der Waals surface area contributed by atoms with E-state index in [9.17, 15) is 9.59 Å². The molecule has 2 aliphatic rings. The number of halogens is 1. The third kappa shape index (κ3) is 4.83. The number of benzene rings is 1. The highest BCUT2D eigenvalue weighted by Crippen LogP contribution is 2.33. The normalized spacial score (nSPS) is 20.6. The molecule has 0 unspecified atom stereocenters. The van der Waals surface area contributed by atoms with Crippen molar-refractivity contribution in [3.63, 3.8) is 0 Å². The van der Waals surface area contributed by atoms with Crippen molar-refractivity contribution < 1.29 is 9.59 Å². The SMILES string of the molecule is N[C@H](CC1CC1)C(=O)NC(=O)[C@@H]1CCCN1Cc1cc(Cl)ccc1-n1ccnn1. The van der Waals surface area contributed by atoms with Gasteiger partial charge in [-0.3, -0.25) is 19.8 Å². The lowest BCUT2D eigenvalue weighted by Gasteiger charge is -2.25. The summed E-state index contributed by atoms with van der Waals surface area (Å²) in [5.74, 6) is -0.116. The number of hydrogen-bond donors (Lipinski definition) is 2. The van der Waals surface area contributed by atoms with E-state index in [1.807, 2.05) is 12.1 Å². The van der Waals surface area contributed by atoms with Crippen LogP contribution in [-0.4, -0.2) is 50.3 Å². The molecule has 2 atom stereocenters. The van der Waals surface area contributed by atoms with Gasteiger partial charge < -0.3 is 5.73 Å². The smallest absolute Gasteiger partial charge is 0.243 e. The predicted molar refractivity (Wildman–Crippen MR) is 108 cm³/mol. The molecule has 2 heterocycles. The fraction of sp³-hybridized carbons (Fsp3) is 0.500. The van der Waals surface area contributed by atoms with E-state index in [0.717, 1.165) is 37.1 Å². The first-order chi connectivity index (χ1) is 14.0. The average molecular weight is 417 g/mol. The Morgan fingerprint density at radius 3 is 2.86 bits per heavy atom. The van der Waals surface area contributed by atoms with Gasteiger partial charge in [-0.25, -0.2) is 4.68 Å². The van der Waals surface area contributed by atoms with Gasteiger partial charge in [0.1, 0.15) is 0 Å². The Hall–Kier alpha value is -2.29. The highest BCUT2D eigenvalue weighted by molar-refractivity contribution is 6.30. The Bertz CT molecular complexity index is 883. The van der Waals surface area contributed by atoms with Gasteiger partial charge in [0.15, 0.2) is 0 Å². The molecular weight excluding hydrogens is 392 g/mol. The summed E-state index contributed by atoms with van der Waals surface area (Å²) in [7, 11) is 0. The van der Waals surface area contributed by atoms with E-state index in [2.05, 4.69) is 20.5 Å². The van der Waals surface area contributed by atoms with Crippen LogP contribution in [0.25, 0.3) is 5.69 Å². The summed E-state index contributed by atoms with van der Waals surface area (Å²) in [6.45, 7) is 1.29. The number of nitrogens with two attached hydrogens (primary N) is 1. The van der Waals surface area contributed by atoms with Crippen LogP contribution >= 0.6 is 11.6 Å². The molecular formula is C20H25ClN6O2. The zero-order valence-electron chi connectivity index (χ0n) is 16.1. The fourth-order valence-electron chi connectivity index (χ4n) is 3.89. The van der Waals surface area contributed by atoms with E-state index in [1.165, 1.54) is 0 Å². The first-order valence-corrected chi connectivity index (χ1v) is 10.4. The van der Waals surface area contributed by atoms with E-state index in [4.69, 9.17) is 17.3 Å². The summed E-state index contributed by atoms with van der Waals surface area (Å²) in [6.07, 6.45) is 7.87. The molecule has 0 bridgehead atoms. The van der Waals surface area contributed by atoms with E-state index in [0.29, 0.717) is 30.3 Å². The second kappa shape index (κ2) is 8.61. The maximum Gasteiger partial charge on any atom is 0.243 e. The summed E-state index contributed by atoms with van der Waals surface area (Å²) < 4.78 is 1.68. The molecule has 1 aromatic heterocycles. The number of carbonyl (C=O) groups is 2. The predicted octanol–water partition coefficient (Wildman–Crippen LogP) is 1.66. The lowest BCUT2D eigenvalue weighted by Crippen LogP contribution is -2.50. The van der Waals surface area contributed by atoms with Gasteiger partial charge in [-0.15, -0.1) is 5.10 Å². The van der Waals surface area contributed by atoms with Crippen LogP contribution in [-0.2, 0) is 16.1 Å². The molecule has 1 aliphatic heterocycles. The number of imide groups is 1. The molecule has 9 heteroatoms. The van der Waals surface area contributed by atoms with Crippen LogP contribution in [0, 0.1) is 5.92 Å². The maximum absolute atomic E-state index is 12.8. The Kier molecular flexibility index (Phi) is 5.94. The van der Waals surface area contributed by atoms with Crippen LogP contribution in [0.15, 0.2) is 30.6 Å². The summed E-state index contributed by atoms with van der Waals surface area (Å²) in [5, 5.41) is 11.1. The van der Waals surface area contributed by atoms with Crippen molar-refractivity contribution in [3.05, 3.63) is 41.2 Å². The number of hydrogen-bond acceptors (Lipinski definition) is 6. The highest BCUT2D eigenvalue weighted by atomic mass is 35.5. The second-order valence-corrected chi connectivity index (χ2v) is 8.32. The van der Waals surface area contributed by atoms with E-state index < -0.39 is 6.04 Å². The number of aromatic nitrogens is 3. The van der Waals surface area contributed by atoms with Crippen LogP contribution in [0.2, 0.25) is 5.02 Å². The van der Waals surface area contributed by atoms with Crippen molar-refractivity contribution in [2.24, 2.45) is 11.7 Å². The Morgan fingerprint density at radius 2 is 2.14 bits per heavy atom. The van der Waals surface area contributed by atoms with Crippen LogP contribution in [0.3, 0.4) is 0 Å².